The molecule has 14 heavy (non-hydrogen) atoms. The SMILES string of the molecule is CC(CCNCC#N)([N+](=O)[O-])[N+](=O)[O-]. The van der Waals surface area contributed by atoms with Gasteiger partial charge < -0.3 is 5.32 Å². The lowest BCUT2D eigenvalue weighted by Crippen LogP contribution is -2.45. The maximum Gasteiger partial charge on any atom is 0.457 e. The van der Waals surface area contributed by atoms with Crippen LogP contribution in [-0.2, 0) is 0 Å². The molecule has 0 unspecified atom stereocenters. The van der Waals surface area contributed by atoms with Crippen molar-refractivity contribution >= 4 is 0 Å². The lowest BCUT2D eigenvalue weighted by atomic mass is 10.1. The van der Waals surface area contributed by atoms with Crippen LogP contribution in [0.15, 0.2) is 0 Å². The Morgan fingerprint density at radius 3 is 2.29 bits per heavy atom. The van der Waals surface area contributed by atoms with E-state index in [1.165, 1.54) is 0 Å². The highest BCUT2D eigenvalue weighted by molar-refractivity contribution is 4.73. The molecular weight excluding hydrogens is 192 g/mol. The molecule has 0 radical (unpaired) electrons. The smallest absolute Gasteiger partial charge is 0.304 e. The number of nitro groups is 2. The van der Waals surface area contributed by atoms with E-state index in [9.17, 15) is 20.2 Å². The van der Waals surface area contributed by atoms with Crippen molar-refractivity contribution < 1.29 is 9.85 Å². The minimum atomic E-state index is -2.18. The minimum Gasteiger partial charge on any atom is -0.304 e. The van der Waals surface area contributed by atoms with E-state index >= 15 is 0 Å². The molecule has 8 nitrogen and oxygen atoms in total. The second kappa shape index (κ2) is 5.08. The molecule has 0 aromatic carbocycles. The Kier molecular flexibility index (Phi) is 4.45. The van der Waals surface area contributed by atoms with Gasteiger partial charge in [-0.2, -0.15) is 5.26 Å². The first-order valence-electron chi connectivity index (χ1n) is 3.82. The standard InChI is InChI=1S/C6H10N4O4/c1-6(9(11)12,10(13)14)2-4-8-5-3-7/h8H,2,4-5H2,1H3. The van der Waals surface area contributed by atoms with Crippen molar-refractivity contribution in [1.29, 1.82) is 5.26 Å². The lowest BCUT2D eigenvalue weighted by Gasteiger charge is -2.11. The fraction of sp³-hybridized carbons (Fsp3) is 0.833. The second-order valence-electron chi connectivity index (χ2n) is 2.82. The summed E-state index contributed by atoms with van der Waals surface area (Å²) in [7, 11) is 0. The molecule has 0 saturated carbocycles. The van der Waals surface area contributed by atoms with Crippen LogP contribution in [0.25, 0.3) is 0 Å². The Labute approximate surface area is 79.8 Å². The summed E-state index contributed by atoms with van der Waals surface area (Å²) < 4.78 is 0. The van der Waals surface area contributed by atoms with Crippen molar-refractivity contribution in [3.05, 3.63) is 20.2 Å². The monoisotopic (exact) mass is 202 g/mol. The summed E-state index contributed by atoms with van der Waals surface area (Å²) in [6, 6.07) is 1.76. The van der Waals surface area contributed by atoms with Crippen LogP contribution in [0.4, 0.5) is 0 Å². The van der Waals surface area contributed by atoms with Gasteiger partial charge in [-0.25, -0.2) is 0 Å². The van der Waals surface area contributed by atoms with Crippen LogP contribution in [0.5, 0.6) is 0 Å². The zero-order valence-electron chi connectivity index (χ0n) is 7.60. The molecule has 0 aliphatic rings. The van der Waals surface area contributed by atoms with Gasteiger partial charge in [0.05, 0.1) is 29.4 Å². The van der Waals surface area contributed by atoms with Crippen molar-refractivity contribution in [2.45, 2.75) is 19.0 Å². The summed E-state index contributed by atoms with van der Waals surface area (Å²) in [5.41, 5.74) is -2.18. The van der Waals surface area contributed by atoms with Gasteiger partial charge in [-0.15, -0.1) is 0 Å². The molecule has 0 aliphatic heterocycles. The summed E-state index contributed by atoms with van der Waals surface area (Å²) in [6.07, 6.45) is -0.255. The molecule has 1 N–H and O–H groups in total. The van der Waals surface area contributed by atoms with Gasteiger partial charge in [0.25, 0.3) is 0 Å². The predicted octanol–water partition coefficient (Wildman–Crippen LogP) is -0.241. The van der Waals surface area contributed by atoms with E-state index < -0.39 is 15.5 Å². The molecule has 0 saturated heterocycles. The van der Waals surface area contributed by atoms with E-state index in [1.807, 2.05) is 0 Å². The molecule has 78 valence electrons. The molecule has 0 spiro atoms. The van der Waals surface area contributed by atoms with E-state index in [-0.39, 0.29) is 19.5 Å². The highest BCUT2D eigenvalue weighted by Crippen LogP contribution is 2.13. The summed E-state index contributed by atoms with van der Waals surface area (Å²) in [5.74, 6) is 0. The summed E-state index contributed by atoms with van der Waals surface area (Å²) >= 11 is 0. The van der Waals surface area contributed by atoms with Gasteiger partial charge in [-0.3, -0.25) is 20.2 Å². The van der Waals surface area contributed by atoms with Crippen LogP contribution in [0.1, 0.15) is 13.3 Å². The first kappa shape index (κ1) is 12.2. The van der Waals surface area contributed by atoms with Crippen LogP contribution < -0.4 is 5.32 Å². The number of nitriles is 1. The van der Waals surface area contributed by atoms with Gasteiger partial charge in [0.2, 0.25) is 0 Å². The van der Waals surface area contributed by atoms with Gasteiger partial charge >= 0.3 is 5.66 Å². The van der Waals surface area contributed by atoms with Crippen LogP contribution in [0.2, 0.25) is 0 Å². The van der Waals surface area contributed by atoms with Crippen molar-refractivity contribution in [3.63, 3.8) is 0 Å². The van der Waals surface area contributed by atoms with Gasteiger partial charge in [0, 0.05) is 6.54 Å². The fourth-order valence-electron chi connectivity index (χ4n) is 0.719. The third kappa shape index (κ3) is 2.95. The highest BCUT2D eigenvalue weighted by Gasteiger charge is 2.49. The van der Waals surface area contributed by atoms with Gasteiger partial charge in [0.15, 0.2) is 0 Å². The van der Waals surface area contributed by atoms with E-state index in [1.54, 1.807) is 6.07 Å². The highest BCUT2D eigenvalue weighted by atomic mass is 16.7. The average molecular weight is 202 g/mol. The first-order chi connectivity index (χ1) is 6.45. The molecule has 8 heteroatoms. The van der Waals surface area contributed by atoms with Crippen LogP contribution in [0, 0.1) is 31.6 Å². The van der Waals surface area contributed by atoms with Crippen LogP contribution >= 0.6 is 0 Å². The molecule has 0 bridgehead atoms. The van der Waals surface area contributed by atoms with E-state index in [2.05, 4.69) is 5.32 Å². The number of nitrogens with one attached hydrogen (secondary N) is 1. The number of hydrogen-bond acceptors (Lipinski definition) is 6. The maximum atomic E-state index is 10.4. The number of hydrogen-bond donors (Lipinski definition) is 1. The predicted molar refractivity (Wildman–Crippen MR) is 45.5 cm³/mol. The van der Waals surface area contributed by atoms with Crippen molar-refractivity contribution in [1.82, 2.24) is 5.32 Å². The largest absolute Gasteiger partial charge is 0.457 e. The molecule has 0 amide bonds. The van der Waals surface area contributed by atoms with Gasteiger partial charge in [0.1, 0.15) is 6.42 Å². The molecular formula is C6H10N4O4. The molecule has 0 aromatic heterocycles. The van der Waals surface area contributed by atoms with Gasteiger partial charge in [-0.05, 0) is 0 Å². The Morgan fingerprint density at radius 1 is 1.43 bits per heavy atom. The summed E-state index contributed by atoms with van der Waals surface area (Å²) in [4.78, 5) is 18.9. The third-order valence-corrected chi connectivity index (χ3v) is 1.77. The third-order valence-electron chi connectivity index (χ3n) is 1.77. The zero-order valence-corrected chi connectivity index (χ0v) is 7.60. The second-order valence-corrected chi connectivity index (χ2v) is 2.82. The molecule has 0 fully saturated rings. The average Bonchev–Trinajstić information content (AvgIpc) is 2.11. The Hall–Kier alpha value is -1.75. The quantitative estimate of drug-likeness (QED) is 0.208. The number of rotatable bonds is 6. The lowest BCUT2D eigenvalue weighted by molar-refractivity contribution is -0.792. The summed E-state index contributed by atoms with van der Waals surface area (Å²) in [6.45, 7) is 1.03. The summed E-state index contributed by atoms with van der Waals surface area (Å²) in [5, 5.41) is 31.5. The Morgan fingerprint density at radius 2 is 1.93 bits per heavy atom. The van der Waals surface area contributed by atoms with E-state index in [0.29, 0.717) is 0 Å². The van der Waals surface area contributed by atoms with Crippen LogP contribution in [-0.4, -0.2) is 28.6 Å². The zero-order chi connectivity index (χ0) is 11.2. The van der Waals surface area contributed by atoms with Crippen LogP contribution in [0.3, 0.4) is 0 Å². The van der Waals surface area contributed by atoms with Crippen molar-refractivity contribution in [2.24, 2.45) is 0 Å². The molecule has 0 rings (SSSR count). The van der Waals surface area contributed by atoms with Crippen molar-refractivity contribution in [3.8, 4) is 6.07 Å². The fourth-order valence-corrected chi connectivity index (χ4v) is 0.719. The van der Waals surface area contributed by atoms with Crippen molar-refractivity contribution in [2.75, 3.05) is 13.1 Å². The molecule has 0 heterocycles. The molecule has 0 aromatic rings. The first-order valence-corrected chi connectivity index (χ1v) is 3.82. The normalized spacial score (nSPS) is 10.6. The molecule has 0 atom stereocenters. The maximum absolute atomic E-state index is 10.4. The topological polar surface area (TPSA) is 122 Å². The molecule has 0 aliphatic carbocycles. The Balaban J connectivity index is 4.20. The number of nitrogens with zero attached hydrogens (tertiary/aromatic N) is 3. The minimum absolute atomic E-state index is 0.0194. The van der Waals surface area contributed by atoms with Gasteiger partial charge in [-0.1, -0.05) is 0 Å². The van der Waals surface area contributed by atoms with E-state index in [0.717, 1.165) is 6.92 Å². The van der Waals surface area contributed by atoms with E-state index in [4.69, 9.17) is 5.26 Å². The Bertz CT molecular complexity index is 257.